The van der Waals surface area contributed by atoms with Crippen molar-refractivity contribution in [3.05, 3.63) is 29.6 Å². The van der Waals surface area contributed by atoms with E-state index >= 15 is 0 Å². The van der Waals surface area contributed by atoms with Crippen molar-refractivity contribution in [2.75, 3.05) is 37.2 Å². The second kappa shape index (κ2) is 8.22. The molecule has 1 aromatic carbocycles. The summed E-state index contributed by atoms with van der Waals surface area (Å²) in [5.74, 6) is 6.00. The van der Waals surface area contributed by atoms with E-state index in [-0.39, 0.29) is 6.04 Å². The Morgan fingerprint density at radius 2 is 1.81 bits per heavy atom. The van der Waals surface area contributed by atoms with Gasteiger partial charge in [-0.2, -0.15) is 0 Å². The number of aromatic nitrogens is 3. The molecule has 0 bridgehead atoms. The molecule has 1 unspecified atom stereocenters. The second-order valence-corrected chi connectivity index (χ2v) is 9.53. The highest BCUT2D eigenvalue weighted by Crippen LogP contribution is 2.44. The van der Waals surface area contributed by atoms with Gasteiger partial charge in [0.2, 0.25) is 5.95 Å². The molecule has 0 N–H and O–H groups in total. The Hall–Kier alpha value is -1.54. The minimum Gasteiger partial charge on any atom is -0.493 e. The molecule has 2 fully saturated rings. The minimum absolute atomic E-state index is 0.284. The van der Waals surface area contributed by atoms with Crippen molar-refractivity contribution in [1.82, 2.24) is 14.8 Å². The molecule has 1 atom stereocenters. The van der Waals surface area contributed by atoms with Crippen LogP contribution in [0.25, 0.3) is 0 Å². The van der Waals surface area contributed by atoms with Gasteiger partial charge < -0.3 is 14.4 Å². The van der Waals surface area contributed by atoms with Crippen molar-refractivity contribution in [3.63, 3.8) is 0 Å². The van der Waals surface area contributed by atoms with E-state index in [1.165, 1.54) is 23.5 Å². The number of rotatable bonds is 5. The van der Waals surface area contributed by atoms with Gasteiger partial charge in [0.15, 0.2) is 17.3 Å². The monoisotopic (exact) mass is 406 g/mol. The lowest BCUT2D eigenvalue weighted by Gasteiger charge is -2.27. The van der Waals surface area contributed by atoms with Crippen molar-refractivity contribution >= 4 is 29.5 Å². The van der Waals surface area contributed by atoms with Gasteiger partial charge in [-0.1, -0.05) is 6.07 Å². The van der Waals surface area contributed by atoms with Crippen LogP contribution in [0.4, 0.5) is 5.95 Å². The van der Waals surface area contributed by atoms with E-state index in [9.17, 15) is 0 Å². The number of hydrogen-bond donors (Lipinski definition) is 0. The smallest absolute Gasteiger partial charge is 0.227 e. The molecular weight excluding hydrogens is 380 g/mol. The normalized spacial score (nSPS) is 20.9. The third-order valence-electron chi connectivity index (χ3n) is 5.23. The first kappa shape index (κ1) is 18.8. The number of methoxy groups -OCH3 is 2. The maximum Gasteiger partial charge on any atom is 0.227 e. The molecule has 2 saturated heterocycles. The van der Waals surface area contributed by atoms with Crippen LogP contribution in [0.2, 0.25) is 0 Å². The Kier molecular flexibility index (Phi) is 5.73. The van der Waals surface area contributed by atoms with Gasteiger partial charge in [0.25, 0.3) is 0 Å². The fourth-order valence-corrected chi connectivity index (χ4v) is 6.74. The second-order valence-electron chi connectivity index (χ2n) is 6.81. The van der Waals surface area contributed by atoms with Crippen LogP contribution >= 0.6 is 23.5 Å². The Morgan fingerprint density at radius 3 is 2.56 bits per heavy atom. The van der Waals surface area contributed by atoms with Crippen molar-refractivity contribution in [1.29, 1.82) is 0 Å². The lowest BCUT2D eigenvalue weighted by Crippen LogP contribution is -2.26. The summed E-state index contributed by atoms with van der Waals surface area (Å²) >= 11 is 3.97. The molecule has 2 aliphatic rings. The van der Waals surface area contributed by atoms with Crippen LogP contribution in [0.3, 0.4) is 0 Å². The lowest BCUT2D eigenvalue weighted by atomic mass is 10.0. The van der Waals surface area contributed by atoms with Gasteiger partial charge in [0.05, 0.1) is 20.3 Å². The topological polar surface area (TPSA) is 52.4 Å². The van der Waals surface area contributed by atoms with Gasteiger partial charge in [-0.3, -0.25) is 4.57 Å². The highest BCUT2D eigenvalue weighted by Gasteiger charge is 2.32. The molecule has 0 saturated carbocycles. The van der Waals surface area contributed by atoms with Crippen molar-refractivity contribution in [2.45, 2.75) is 29.9 Å². The van der Waals surface area contributed by atoms with Crippen LogP contribution in [-0.4, -0.2) is 47.0 Å². The minimum atomic E-state index is 0.284. The molecule has 6 nitrogen and oxygen atoms in total. The Labute approximate surface area is 169 Å². The predicted molar refractivity (Wildman–Crippen MR) is 112 cm³/mol. The average Bonchev–Trinajstić information content (AvgIpc) is 3.34. The Balaban J connectivity index is 1.61. The first-order valence-corrected chi connectivity index (χ1v) is 11.4. The van der Waals surface area contributed by atoms with Crippen LogP contribution in [0.1, 0.15) is 41.3 Å². The molecule has 0 amide bonds. The van der Waals surface area contributed by atoms with E-state index in [4.69, 9.17) is 9.47 Å². The summed E-state index contributed by atoms with van der Waals surface area (Å²) in [5, 5.41) is 9.14. The van der Waals surface area contributed by atoms with E-state index in [0.29, 0.717) is 4.58 Å². The predicted octanol–water partition coefficient (Wildman–Crippen LogP) is 4.04. The maximum atomic E-state index is 5.50. The molecule has 0 radical (unpaired) electrons. The van der Waals surface area contributed by atoms with Crippen molar-refractivity contribution in [3.8, 4) is 11.5 Å². The molecule has 2 aliphatic heterocycles. The quantitative estimate of drug-likeness (QED) is 0.743. The largest absolute Gasteiger partial charge is 0.493 e. The molecule has 146 valence electrons. The van der Waals surface area contributed by atoms with Crippen molar-refractivity contribution in [2.24, 2.45) is 7.05 Å². The first-order valence-electron chi connectivity index (χ1n) is 9.34. The number of thioether (sulfide) groups is 2. The number of benzene rings is 1. The molecule has 8 heteroatoms. The molecular formula is C19H26N4O2S2. The van der Waals surface area contributed by atoms with Gasteiger partial charge in [-0.05, 0) is 48.5 Å². The molecule has 0 aliphatic carbocycles. The number of anilines is 1. The van der Waals surface area contributed by atoms with E-state index in [1.807, 2.05) is 29.6 Å². The zero-order valence-electron chi connectivity index (χ0n) is 16.1. The number of nitrogens with zero attached hydrogens (tertiary/aromatic N) is 4. The van der Waals surface area contributed by atoms with E-state index in [2.05, 4.69) is 38.8 Å². The van der Waals surface area contributed by atoms with Crippen LogP contribution in [0.15, 0.2) is 18.2 Å². The maximum absolute atomic E-state index is 5.50. The summed E-state index contributed by atoms with van der Waals surface area (Å²) in [6.45, 7) is 0.996. The molecule has 3 heterocycles. The summed E-state index contributed by atoms with van der Waals surface area (Å²) in [6, 6.07) is 6.50. The van der Waals surface area contributed by atoms with Crippen LogP contribution in [-0.2, 0) is 7.05 Å². The number of ether oxygens (including phenoxy) is 2. The van der Waals surface area contributed by atoms with Crippen LogP contribution in [0.5, 0.6) is 11.5 Å². The molecule has 4 rings (SSSR count). The highest BCUT2D eigenvalue weighted by molar-refractivity contribution is 8.16. The van der Waals surface area contributed by atoms with Gasteiger partial charge in [-0.25, -0.2) is 0 Å². The van der Waals surface area contributed by atoms with Gasteiger partial charge in [0.1, 0.15) is 4.58 Å². The van der Waals surface area contributed by atoms with Gasteiger partial charge in [0, 0.05) is 13.6 Å². The van der Waals surface area contributed by atoms with Crippen molar-refractivity contribution < 1.29 is 9.47 Å². The third kappa shape index (κ3) is 3.61. The zero-order valence-corrected chi connectivity index (χ0v) is 17.7. The summed E-state index contributed by atoms with van der Waals surface area (Å²) in [4.78, 5) is 2.38. The van der Waals surface area contributed by atoms with Gasteiger partial charge in [-0.15, -0.1) is 33.7 Å². The zero-order chi connectivity index (χ0) is 18.8. The summed E-state index contributed by atoms with van der Waals surface area (Å²) < 4.78 is 13.5. The number of hydrogen-bond acceptors (Lipinski definition) is 7. The standard InChI is InChI=1S/C19H26N4O2S2/c1-22-17(18-26-10-5-11-27-18)20-21-19(22)23-9-4-6-14(23)13-7-8-15(24-2)16(12-13)25-3/h7-8,12,14,18H,4-6,9-11H2,1-3H3. The average molecular weight is 407 g/mol. The van der Waals surface area contributed by atoms with E-state index in [1.54, 1.807) is 14.2 Å². The van der Waals surface area contributed by atoms with Crippen LogP contribution in [0, 0.1) is 0 Å². The SMILES string of the molecule is COc1ccc(C2CCCN2c2nnc(C3SCCCS3)n2C)cc1OC. The lowest BCUT2D eigenvalue weighted by molar-refractivity contribution is 0.354. The summed E-state index contributed by atoms with van der Waals surface area (Å²) in [6.07, 6.45) is 3.53. The van der Waals surface area contributed by atoms with Crippen LogP contribution < -0.4 is 14.4 Å². The molecule has 1 aromatic heterocycles. The Bertz CT molecular complexity index is 792. The highest BCUT2D eigenvalue weighted by atomic mass is 32.2. The van der Waals surface area contributed by atoms with E-state index in [0.717, 1.165) is 42.7 Å². The first-order chi connectivity index (χ1) is 13.2. The summed E-state index contributed by atoms with van der Waals surface area (Å²) in [7, 11) is 5.45. The molecule has 27 heavy (non-hydrogen) atoms. The molecule has 2 aromatic rings. The summed E-state index contributed by atoms with van der Waals surface area (Å²) in [5.41, 5.74) is 1.23. The fourth-order valence-electron chi connectivity index (χ4n) is 3.84. The molecule has 0 spiro atoms. The van der Waals surface area contributed by atoms with Gasteiger partial charge >= 0.3 is 0 Å². The fraction of sp³-hybridized carbons (Fsp3) is 0.579. The Morgan fingerprint density at radius 1 is 1.04 bits per heavy atom. The van der Waals surface area contributed by atoms with E-state index < -0.39 is 0 Å². The third-order valence-corrected chi connectivity index (χ3v) is 8.12.